The normalized spacial score (nSPS) is 14.3. The predicted octanol–water partition coefficient (Wildman–Crippen LogP) is 2.57. The Morgan fingerprint density at radius 1 is 1.53 bits per heavy atom. The Kier molecular flexibility index (Phi) is 4.03. The number of dihydropyridines is 1. The van der Waals surface area contributed by atoms with E-state index >= 15 is 0 Å². The van der Waals surface area contributed by atoms with Gasteiger partial charge in [0, 0.05) is 25.3 Å². The maximum absolute atomic E-state index is 11.8. The Hall–Kier alpha value is -1.49. The topological polar surface area (TPSA) is 54.4 Å². The minimum absolute atomic E-state index is 0.0500. The van der Waals surface area contributed by atoms with Crippen LogP contribution in [0.5, 0.6) is 0 Å². The standard InChI is InChI=1S/C12H12BrN3O/c13-10-2-1-5-15-12(10)16-11(17)8-9-3-6-14-7-4-9/h1-3,5,7H,4,6,8H2,(H,15,16,17). The van der Waals surface area contributed by atoms with Crippen molar-refractivity contribution in [2.75, 3.05) is 11.9 Å². The fourth-order valence-electron chi connectivity index (χ4n) is 1.53. The molecule has 4 nitrogen and oxygen atoms in total. The van der Waals surface area contributed by atoms with Crippen molar-refractivity contribution in [1.29, 1.82) is 0 Å². The maximum Gasteiger partial charge on any atom is 0.229 e. The van der Waals surface area contributed by atoms with Gasteiger partial charge in [-0.25, -0.2) is 4.98 Å². The molecule has 0 saturated heterocycles. The number of halogens is 1. The molecule has 1 aliphatic heterocycles. The molecule has 0 aromatic carbocycles. The van der Waals surface area contributed by atoms with Gasteiger partial charge in [0.1, 0.15) is 5.82 Å². The number of anilines is 1. The largest absolute Gasteiger partial charge is 0.309 e. The number of pyridine rings is 1. The average molecular weight is 294 g/mol. The van der Waals surface area contributed by atoms with Gasteiger partial charge in [-0.2, -0.15) is 0 Å². The van der Waals surface area contributed by atoms with Crippen LogP contribution in [0, 0.1) is 0 Å². The van der Waals surface area contributed by atoms with Crippen LogP contribution >= 0.6 is 15.9 Å². The SMILES string of the molecule is O=C(CC1=CCN=CC1)Nc1ncccc1Br. The van der Waals surface area contributed by atoms with Crippen molar-refractivity contribution in [2.45, 2.75) is 12.8 Å². The lowest BCUT2D eigenvalue weighted by Gasteiger charge is -2.09. The van der Waals surface area contributed by atoms with Gasteiger partial charge in [0.15, 0.2) is 0 Å². The van der Waals surface area contributed by atoms with Crippen LogP contribution in [0.4, 0.5) is 5.82 Å². The monoisotopic (exact) mass is 293 g/mol. The first-order chi connectivity index (χ1) is 8.25. The fraction of sp³-hybridized carbons (Fsp3) is 0.250. The number of nitrogens with one attached hydrogen (secondary N) is 1. The van der Waals surface area contributed by atoms with E-state index in [0.29, 0.717) is 18.8 Å². The summed E-state index contributed by atoms with van der Waals surface area (Å²) >= 11 is 3.34. The van der Waals surface area contributed by atoms with E-state index in [-0.39, 0.29) is 5.91 Å². The molecular formula is C12H12BrN3O. The molecule has 1 aromatic rings. The smallest absolute Gasteiger partial charge is 0.229 e. The Labute approximate surface area is 108 Å². The molecule has 0 saturated carbocycles. The average Bonchev–Trinajstić information content (AvgIpc) is 2.33. The van der Waals surface area contributed by atoms with Crippen LogP contribution in [0.2, 0.25) is 0 Å². The Morgan fingerprint density at radius 2 is 2.41 bits per heavy atom. The summed E-state index contributed by atoms with van der Waals surface area (Å²) in [6.45, 7) is 0.676. The Balaban J connectivity index is 1.94. The van der Waals surface area contributed by atoms with E-state index in [1.807, 2.05) is 18.4 Å². The summed E-state index contributed by atoms with van der Waals surface area (Å²) in [5.41, 5.74) is 1.10. The zero-order chi connectivity index (χ0) is 12.1. The van der Waals surface area contributed by atoms with Gasteiger partial charge in [0.2, 0.25) is 5.91 Å². The van der Waals surface area contributed by atoms with Crippen LogP contribution in [-0.4, -0.2) is 23.7 Å². The molecule has 88 valence electrons. The third-order valence-electron chi connectivity index (χ3n) is 2.37. The number of rotatable bonds is 3. The molecule has 5 heteroatoms. The molecule has 0 atom stereocenters. The fourth-order valence-corrected chi connectivity index (χ4v) is 1.88. The molecule has 1 aromatic heterocycles. The van der Waals surface area contributed by atoms with E-state index in [1.54, 1.807) is 12.3 Å². The van der Waals surface area contributed by atoms with Crippen LogP contribution in [0.15, 0.2) is 39.4 Å². The number of carbonyl (C=O) groups is 1. The van der Waals surface area contributed by atoms with E-state index in [4.69, 9.17) is 0 Å². The van der Waals surface area contributed by atoms with Gasteiger partial charge in [-0.15, -0.1) is 0 Å². The summed E-state index contributed by atoms with van der Waals surface area (Å²) in [6, 6.07) is 3.65. The highest BCUT2D eigenvalue weighted by Crippen LogP contribution is 2.19. The number of aliphatic imine (C=N–C) groups is 1. The minimum atomic E-state index is -0.0500. The van der Waals surface area contributed by atoms with Gasteiger partial charge in [0.05, 0.1) is 11.0 Å². The lowest BCUT2D eigenvalue weighted by Crippen LogP contribution is -2.14. The van der Waals surface area contributed by atoms with Crippen molar-refractivity contribution >= 4 is 33.9 Å². The number of hydrogen-bond donors (Lipinski definition) is 1. The van der Waals surface area contributed by atoms with Crippen molar-refractivity contribution in [2.24, 2.45) is 4.99 Å². The van der Waals surface area contributed by atoms with Gasteiger partial charge >= 0.3 is 0 Å². The van der Waals surface area contributed by atoms with Crippen LogP contribution in [0.3, 0.4) is 0 Å². The van der Waals surface area contributed by atoms with Crippen LogP contribution in [0.25, 0.3) is 0 Å². The molecule has 1 aliphatic rings. The Bertz CT molecular complexity index is 482. The quantitative estimate of drug-likeness (QED) is 0.871. The molecule has 2 heterocycles. The van der Waals surface area contributed by atoms with E-state index in [9.17, 15) is 4.79 Å². The Morgan fingerprint density at radius 3 is 3.12 bits per heavy atom. The molecule has 17 heavy (non-hydrogen) atoms. The zero-order valence-corrected chi connectivity index (χ0v) is 10.8. The molecule has 0 unspecified atom stereocenters. The van der Waals surface area contributed by atoms with Gasteiger partial charge in [-0.3, -0.25) is 9.79 Å². The first-order valence-electron chi connectivity index (χ1n) is 5.32. The lowest BCUT2D eigenvalue weighted by molar-refractivity contribution is -0.115. The van der Waals surface area contributed by atoms with Gasteiger partial charge < -0.3 is 5.32 Å². The van der Waals surface area contributed by atoms with Crippen molar-refractivity contribution in [1.82, 2.24) is 4.98 Å². The van der Waals surface area contributed by atoms with E-state index in [2.05, 4.69) is 31.2 Å². The first kappa shape index (κ1) is 12.0. The number of carbonyl (C=O) groups excluding carboxylic acids is 1. The van der Waals surface area contributed by atoms with Gasteiger partial charge in [0.25, 0.3) is 0 Å². The van der Waals surface area contributed by atoms with Crippen molar-refractivity contribution in [3.05, 3.63) is 34.5 Å². The first-order valence-corrected chi connectivity index (χ1v) is 6.11. The highest BCUT2D eigenvalue weighted by atomic mass is 79.9. The highest BCUT2D eigenvalue weighted by Gasteiger charge is 2.09. The summed E-state index contributed by atoms with van der Waals surface area (Å²) in [7, 11) is 0. The van der Waals surface area contributed by atoms with Gasteiger partial charge in [-0.05, 0) is 28.1 Å². The number of amides is 1. The minimum Gasteiger partial charge on any atom is -0.309 e. The number of aromatic nitrogens is 1. The predicted molar refractivity (Wildman–Crippen MR) is 71.2 cm³/mol. The van der Waals surface area contributed by atoms with E-state index in [0.717, 1.165) is 16.5 Å². The molecule has 0 radical (unpaired) electrons. The van der Waals surface area contributed by atoms with Crippen LogP contribution in [-0.2, 0) is 4.79 Å². The second kappa shape index (κ2) is 5.72. The summed E-state index contributed by atoms with van der Waals surface area (Å²) in [6.07, 6.45) is 6.64. The van der Waals surface area contributed by atoms with Gasteiger partial charge in [-0.1, -0.05) is 11.6 Å². The van der Waals surface area contributed by atoms with Crippen LogP contribution in [0.1, 0.15) is 12.8 Å². The summed E-state index contributed by atoms with van der Waals surface area (Å²) in [5.74, 6) is 0.508. The molecule has 0 fully saturated rings. The van der Waals surface area contributed by atoms with E-state index in [1.165, 1.54) is 0 Å². The molecule has 2 rings (SSSR count). The van der Waals surface area contributed by atoms with Crippen molar-refractivity contribution in [3.8, 4) is 0 Å². The molecule has 0 bridgehead atoms. The molecular weight excluding hydrogens is 282 g/mol. The molecule has 1 amide bonds. The third kappa shape index (κ3) is 3.49. The summed E-state index contributed by atoms with van der Waals surface area (Å²) < 4.78 is 0.785. The van der Waals surface area contributed by atoms with E-state index < -0.39 is 0 Å². The molecule has 1 N–H and O–H groups in total. The summed E-state index contributed by atoms with van der Waals surface area (Å²) in [4.78, 5) is 19.9. The van der Waals surface area contributed by atoms with Crippen molar-refractivity contribution in [3.63, 3.8) is 0 Å². The number of hydrogen-bond acceptors (Lipinski definition) is 3. The third-order valence-corrected chi connectivity index (χ3v) is 3.01. The highest BCUT2D eigenvalue weighted by molar-refractivity contribution is 9.10. The molecule has 0 spiro atoms. The zero-order valence-electron chi connectivity index (χ0n) is 9.19. The number of nitrogens with zero attached hydrogens (tertiary/aromatic N) is 2. The maximum atomic E-state index is 11.8. The lowest BCUT2D eigenvalue weighted by atomic mass is 10.1. The molecule has 0 aliphatic carbocycles. The summed E-state index contributed by atoms with van der Waals surface area (Å²) in [5, 5.41) is 2.78. The second-order valence-electron chi connectivity index (χ2n) is 3.67. The second-order valence-corrected chi connectivity index (χ2v) is 4.53. The van der Waals surface area contributed by atoms with Crippen LogP contribution < -0.4 is 5.32 Å². The van der Waals surface area contributed by atoms with Crippen molar-refractivity contribution < 1.29 is 4.79 Å².